The first-order valence-electron chi connectivity index (χ1n) is 10.4. The normalized spacial score (nSPS) is 13.9. The zero-order valence-corrected chi connectivity index (χ0v) is 19.3. The first-order valence-corrected chi connectivity index (χ1v) is 10.7. The molecule has 1 N–H and O–H groups in total. The number of anilines is 1. The van der Waals surface area contributed by atoms with E-state index in [2.05, 4.69) is 10.3 Å². The summed E-state index contributed by atoms with van der Waals surface area (Å²) >= 11 is 5.92. The molecular formula is C26H21ClN2O5. The van der Waals surface area contributed by atoms with Gasteiger partial charge in [-0.3, -0.25) is 4.79 Å². The van der Waals surface area contributed by atoms with Crippen LogP contribution in [0.25, 0.3) is 6.08 Å². The van der Waals surface area contributed by atoms with Gasteiger partial charge in [-0.15, -0.1) is 0 Å². The number of halogens is 1. The molecule has 0 saturated carbocycles. The molecule has 0 fully saturated rings. The van der Waals surface area contributed by atoms with Crippen LogP contribution in [-0.2, 0) is 20.9 Å². The first kappa shape index (κ1) is 23.1. The molecule has 34 heavy (non-hydrogen) atoms. The number of rotatable bonds is 7. The van der Waals surface area contributed by atoms with Crippen LogP contribution < -0.4 is 14.8 Å². The molecule has 1 aliphatic heterocycles. The molecule has 0 radical (unpaired) electrons. The molecule has 172 valence electrons. The number of hydrogen-bond acceptors (Lipinski definition) is 6. The van der Waals surface area contributed by atoms with Crippen LogP contribution in [0.4, 0.5) is 5.69 Å². The van der Waals surface area contributed by atoms with Crippen molar-refractivity contribution >= 4 is 41.1 Å². The summed E-state index contributed by atoms with van der Waals surface area (Å²) in [4.78, 5) is 27.8. The van der Waals surface area contributed by atoms with Gasteiger partial charge in [0.2, 0.25) is 11.8 Å². The molecule has 7 nitrogen and oxygen atoms in total. The minimum atomic E-state index is -0.553. The molecule has 0 bridgehead atoms. The Kier molecular flexibility index (Phi) is 6.94. The second-order valence-corrected chi connectivity index (χ2v) is 7.86. The number of hydrogen-bond donors (Lipinski definition) is 1. The maximum atomic E-state index is 12.4. The first-order chi connectivity index (χ1) is 16.4. The number of benzene rings is 3. The maximum Gasteiger partial charge on any atom is 0.363 e. The van der Waals surface area contributed by atoms with E-state index in [-0.39, 0.29) is 17.5 Å². The van der Waals surface area contributed by atoms with Gasteiger partial charge in [-0.1, -0.05) is 29.8 Å². The van der Waals surface area contributed by atoms with E-state index in [0.29, 0.717) is 39.9 Å². The molecular weight excluding hydrogens is 456 g/mol. The van der Waals surface area contributed by atoms with Crippen LogP contribution in [0.5, 0.6) is 11.5 Å². The molecule has 0 aliphatic carbocycles. The van der Waals surface area contributed by atoms with Crippen molar-refractivity contribution in [2.24, 2.45) is 4.99 Å². The van der Waals surface area contributed by atoms with E-state index in [1.165, 1.54) is 6.92 Å². The Labute approximate surface area is 201 Å². The quantitative estimate of drug-likeness (QED) is 0.372. The molecule has 3 aromatic rings. The predicted molar refractivity (Wildman–Crippen MR) is 130 cm³/mol. The van der Waals surface area contributed by atoms with Crippen LogP contribution in [0.1, 0.15) is 23.6 Å². The fourth-order valence-corrected chi connectivity index (χ4v) is 3.35. The summed E-state index contributed by atoms with van der Waals surface area (Å²) in [6.07, 6.45) is 1.62. The van der Waals surface area contributed by atoms with Gasteiger partial charge in [0, 0.05) is 23.2 Å². The summed E-state index contributed by atoms with van der Waals surface area (Å²) in [5, 5.41) is 3.35. The van der Waals surface area contributed by atoms with Crippen LogP contribution in [0.2, 0.25) is 5.02 Å². The number of ether oxygens (including phenoxy) is 3. The van der Waals surface area contributed by atoms with Crippen molar-refractivity contribution in [3.05, 3.63) is 94.1 Å². The van der Waals surface area contributed by atoms with Crippen molar-refractivity contribution in [3.8, 4) is 11.5 Å². The molecule has 1 aliphatic rings. The Balaban J connectivity index is 1.50. The van der Waals surface area contributed by atoms with Gasteiger partial charge in [-0.2, -0.15) is 0 Å². The van der Waals surface area contributed by atoms with Gasteiger partial charge < -0.3 is 19.5 Å². The van der Waals surface area contributed by atoms with Crippen LogP contribution in [0, 0.1) is 0 Å². The van der Waals surface area contributed by atoms with E-state index in [9.17, 15) is 9.59 Å². The van der Waals surface area contributed by atoms with Crippen molar-refractivity contribution in [3.63, 3.8) is 0 Å². The number of esters is 1. The van der Waals surface area contributed by atoms with Gasteiger partial charge in [0.25, 0.3) is 0 Å². The average Bonchev–Trinajstić information content (AvgIpc) is 3.19. The Morgan fingerprint density at radius 3 is 2.47 bits per heavy atom. The second-order valence-electron chi connectivity index (χ2n) is 7.42. The zero-order valence-electron chi connectivity index (χ0n) is 18.5. The van der Waals surface area contributed by atoms with Crippen LogP contribution in [0.15, 0.2) is 77.4 Å². The van der Waals surface area contributed by atoms with E-state index in [1.54, 1.807) is 67.8 Å². The van der Waals surface area contributed by atoms with Crippen molar-refractivity contribution in [1.82, 2.24) is 0 Å². The molecule has 1 amide bonds. The average molecular weight is 477 g/mol. The van der Waals surface area contributed by atoms with Gasteiger partial charge in [0.05, 0.1) is 7.11 Å². The minimum Gasteiger partial charge on any atom is -0.493 e. The molecule has 0 atom stereocenters. The number of nitrogens with one attached hydrogen (secondary N) is 1. The van der Waals surface area contributed by atoms with Gasteiger partial charge in [0.1, 0.15) is 6.61 Å². The highest BCUT2D eigenvalue weighted by molar-refractivity contribution is 6.30. The standard InChI is InChI=1S/C26H21ClN2O5/c1-16(30)28-21-10-6-19(7-11-21)25-29-22(26(31)34-25)13-18-5-12-23(24(14-18)32-2)33-15-17-3-8-20(27)9-4-17/h3-14H,15H2,1-2H3,(H,28,30). The minimum absolute atomic E-state index is 0.165. The van der Waals surface area contributed by atoms with E-state index in [0.717, 1.165) is 5.56 Å². The fourth-order valence-electron chi connectivity index (χ4n) is 3.22. The lowest BCUT2D eigenvalue weighted by atomic mass is 10.1. The molecule has 1 heterocycles. The topological polar surface area (TPSA) is 86.2 Å². The van der Waals surface area contributed by atoms with Crippen molar-refractivity contribution in [1.29, 1.82) is 0 Å². The second kappa shape index (κ2) is 10.2. The summed E-state index contributed by atoms with van der Waals surface area (Å²) in [5.41, 5.74) is 3.10. The lowest BCUT2D eigenvalue weighted by Crippen LogP contribution is -2.07. The molecule has 3 aromatic carbocycles. The van der Waals surface area contributed by atoms with Crippen molar-refractivity contribution in [2.75, 3.05) is 12.4 Å². The monoisotopic (exact) mass is 476 g/mol. The highest BCUT2D eigenvalue weighted by Crippen LogP contribution is 2.30. The third-order valence-electron chi connectivity index (χ3n) is 4.87. The van der Waals surface area contributed by atoms with Gasteiger partial charge in [-0.25, -0.2) is 9.79 Å². The zero-order chi connectivity index (χ0) is 24.1. The Bertz CT molecular complexity index is 1280. The number of nitrogens with zero attached hydrogens (tertiary/aromatic N) is 1. The molecule has 0 spiro atoms. The number of carbonyl (C=O) groups is 2. The largest absolute Gasteiger partial charge is 0.493 e. The molecule has 8 heteroatoms. The van der Waals surface area contributed by atoms with Crippen LogP contribution in [-0.4, -0.2) is 24.9 Å². The van der Waals surface area contributed by atoms with Gasteiger partial charge in [-0.05, 0) is 65.7 Å². The van der Waals surface area contributed by atoms with Gasteiger partial charge >= 0.3 is 5.97 Å². The predicted octanol–water partition coefficient (Wildman–Crippen LogP) is 5.23. The molecule has 0 saturated heterocycles. The summed E-state index contributed by atoms with van der Waals surface area (Å²) in [6.45, 7) is 1.79. The van der Waals surface area contributed by atoms with Crippen molar-refractivity contribution in [2.45, 2.75) is 13.5 Å². The third kappa shape index (κ3) is 5.63. The summed E-state index contributed by atoms with van der Waals surface area (Å²) in [6, 6.07) is 19.6. The number of carbonyl (C=O) groups excluding carboxylic acids is 2. The van der Waals surface area contributed by atoms with E-state index in [4.69, 9.17) is 25.8 Å². The summed E-state index contributed by atoms with van der Waals surface area (Å²) in [5.74, 6) is 0.562. The Morgan fingerprint density at radius 1 is 1.06 bits per heavy atom. The Hall–Kier alpha value is -4.10. The highest BCUT2D eigenvalue weighted by atomic mass is 35.5. The molecule has 0 aromatic heterocycles. The van der Waals surface area contributed by atoms with Crippen molar-refractivity contribution < 1.29 is 23.8 Å². The van der Waals surface area contributed by atoms with Gasteiger partial charge in [0.15, 0.2) is 17.2 Å². The number of aliphatic imine (C=N–C) groups is 1. The van der Waals surface area contributed by atoms with E-state index < -0.39 is 5.97 Å². The molecule has 4 rings (SSSR count). The lowest BCUT2D eigenvalue weighted by molar-refractivity contribution is -0.129. The number of cyclic esters (lactones) is 1. The summed E-state index contributed by atoms with van der Waals surface area (Å²) in [7, 11) is 1.55. The number of methoxy groups -OCH3 is 1. The smallest absolute Gasteiger partial charge is 0.363 e. The van der Waals surface area contributed by atoms with E-state index >= 15 is 0 Å². The Morgan fingerprint density at radius 2 is 1.79 bits per heavy atom. The number of amides is 1. The van der Waals surface area contributed by atoms with E-state index in [1.807, 2.05) is 12.1 Å². The highest BCUT2D eigenvalue weighted by Gasteiger charge is 2.24. The third-order valence-corrected chi connectivity index (χ3v) is 5.12. The lowest BCUT2D eigenvalue weighted by Gasteiger charge is -2.11. The fraction of sp³-hybridized carbons (Fsp3) is 0.115. The van der Waals surface area contributed by atoms with Crippen LogP contribution >= 0.6 is 11.6 Å². The molecule has 0 unspecified atom stereocenters. The van der Waals surface area contributed by atoms with Crippen LogP contribution in [0.3, 0.4) is 0 Å². The summed E-state index contributed by atoms with van der Waals surface area (Å²) < 4.78 is 16.7. The SMILES string of the molecule is COc1cc(C=C2N=C(c3ccc(NC(C)=O)cc3)OC2=O)ccc1OCc1ccc(Cl)cc1. The maximum absolute atomic E-state index is 12.4.